The van der Waals surface area contributed by atoms with E-state index in [4.69, 9.17) is 5.73 Å². The van der Waals surface area contributed by atoms with Crippen LogP contribution in [0.2, 0.25) is 0 Å². The lowest BCUT2D eigenvalue weighted by molar-refractivity contribution is 0.112. The van der Waals surface area contributed by atoms with Crippen molar-refractivity contribution < 1.29 is 0 Å². The second kappa shape index (κ2) is 3.21. The lowest BCUT2D eigenvalue weighted by Crippen LogP contribution is -2.48. The van der Waals surface area contributed by atoms with Gasteiger partial charge in [-0.3, -0.25) is 4.90 Å². The lowest BCUT2D eigenvalue weighted by Gasteiger charge is -2.38. The van der Waals surface area contributed by atoms with E-state index in [1.54, 1.807) is 0 Å². The summed E-state index contributed by atoms with van der Waals surface area (Å²) in [6, 6.07) is 3.16. The second-order valence-electron chi connectivity index (χ2n) is 5.54. The molecule has 2 nitrogen and oxygen atoms in total. The molecule has 3 rings (SSSR count). The van der Waals surface area contributed by atoms with Gasteiger partial charge in [0.05, 0.1) is 0 Å². The normalized spacial score (nSPS) is 52.3. The summed E-state index contributed by atoms with van der Waals surface area (Å²) in [5, 5.41) is 0. The molecule has 4 atom stereocenters. The van der Waals surface area contributed by atoms with E-state index < -0.39 is 0 Å². The SMILES string of the molecule is CCC1CC1N1C2CCC1CC(N)C2. The third kappa shape index (κ3) is 1.31. The summed E-state index contributed by atoms with van der Waals surface area (Å²) in [4.78, 5) is 2.84. The van der Waals surface area contributed by atoms with Gasteiger partial charge < -0.3 is 5.73 Å². The molecule has 0 aromatic heterocycles. The molecule has 1 saturated carbocycles. The van der Waals surface area contributed by atoms with Crippen LogP contribution in [0.4, 0.5) is 0 Å². The molecule has 4 unspecified atom stereocenters. The van der Waals surface area contributed by atoms with Gasteiger partial charge in [-0.2, -0.15) is 0 Å². The summed E-state index contributed by atoms with van der Waals surface area (Å²) < 4.78 is 0. The van der Waals surface area contributed by atoms with Gasteiger partial charge in [-0.1, -0.05) is 13.3 Å². The molecule has 2 bridgehead atoms. The van der Waals surface area contributed by atoms with Crippen molar-refractivity contribution in [3.63, 3.8) is 0 Å². The van der Waals surface area contributed by atoms with Gasteiger partial charge in [0.25, 0.3) is 0 Å². The highest BCUT2D eigenvalue weighted by Crippen LogP contribution is 2.47. The predicted molar refractivity (Wildman–Crippen MR) is 58.0 cm³/mol. The van der Waals surface area contributed by atoms with Crippen molar-refractivity contribution >= 4 is 0 Å². The Labute approximate surface area is 86.8 Å². The molecule has 0 radical (unpaired) electrons. The zero-order chi connectivity index (χ0) is 9.71. The first-order chi connectivity index (χ1) is 6.79. The highest BCUT2D eigenvalue weighted by atomic mass is 15.3. The Morgan fingerprint density at radius 2 is 1.79 bits per heavy atom. The van der Waals surface area contributed by atoms with Crippen molar-refractivity contribution in [1.82, 2.24) is 4.90 Å². The number of fused-ring (bicyclic) bond motifs is 2. The molecule has 2 saturated heterocycles. The van der Waals surface area contributed by atoms with Crippen LogP contribution in [0.3, 0.4) is 0 Å². The molecule has 3 aliphatic rings. The molecule has 0 aromatic carbocycles. The van der Waals surface area contributed by atoms with Crippen molar-refractivity contribution in [3.8, 4) is 0 Å². The van der Waals surface area contributed by atoms with Gasteiger partial charge in [-0.25, -0.2) is 0 Å². The van der Waals surface area contributed by atoms with Crippen LogP contribution in [0, 0.1) is 5.92 Å². The maximum atomic E-state index is 6.08. The fraction of sp³-hybridized carbons (Fsp3) is 1.00. The molecular formula is C12H22N2. The maximum absolute atomic E-state index is 6.08. The first-order valence-electron chi connectivity index (χ1n) is 6.32. The van der Waals surface area contributed by atoms with E-state index in [0.29, 0.717) is 6.04 Å². The molecule has 2 aliphatic heterocycles. The largest absolute Gasteiger partial charge is 0.328 e. The van der Waals surface area contributed by atoms with Crippen molar-refractivity contribution in [2.45, 2.75) is 69.6 Å². The van der Waals surface area contributed by atoms with E-state index in [0.717, 1.165) is 24.0 Å². The Kier molecular flexibility index (Phi) is 2.10. The van der Waals surface area contributed by atoms with Crippen molar-refractivity contribution in [3.05, 3.63) is 0 Å². The Balaban J connectivity index is 1.70. The minimum atomic E-state index is 0.502. The van der Waals surface area contributed by atoms with Gasteiger partial charge in [-0.05, 0) is 38.0 Å². The number of nitrogens with two attached hydrogens (primary N) is 1. The van der Waals surface area contributed by atoms with Gasteiger partial charge in [0.1, 0.15) is 0 Å². The molecule has 3 fully saturated rings. The first-order valence-corrected chi connectivity index (χ1v) is 6.32. The first kappa shape index (κ1) is 9.17. The van der Waals surface area contributed by atoms with Crippen LogP contribution in [0.5, 0.6) is 0 Å². The van der Waals surface area contributed by atoms with Crippen LogP contribution in [0.25, 0.3) is 0 Å². The third-order valence-corrected chi connectivity index (χ3v) is 4.62. The van der Waals surface area contributed by atoms with E-state index in [1.165, 1.54) is 38.5 Å². The van der Waals surface area contributed by atoms with Gasteiger partial charge in [0.2, 0.25) is 0 Å². The number of piperidine rings is 1. The summed E-state index contributed by atoms with van der Waals surface area (Å²) in [7, 11) is 0. The average molecular weight is 194 g/mol. The van der Waals surface area contributed by atoms with Crippen LogP contribution in [-0.2, 0) is 0 Å². The molecule has 1 aliphatic carbocycles. The predicted octanol–water partition coefficient (Wildman–Crippen LogP) is 1.74. The summed E-state index contributed by atoms with van der Waals surface area (Å²) in [5.74, 6) is 1.02. The Bertz CT molecular complexity index is 214. The number of nitrogens with zero attached hydrogens (tertiary/aromatic N) is 1. The van der Waals surface area contributed by atoms with Crippen LogP contribution in [0.1, 0.15) is 45.4 Å². The van der Waals surface area contributed by atoms with Crippen LogP contribution in [-0.4, -0.2) is 29.1 Å². The Hall–Kier alpha value is -0.0800. The summed E-state index contributed by atoms with van der Waals surface area (Å²) >= 11 is 0. The monoisotopic (exact) mass is 194 g/mol. The quantitative estimate of drug-likeness (QED) is 0.725. The number of hydrogen-bond donors (Lipinski definition) is 1. The van der Waals surface area contributed by atoms with E-state index in [2.05, 4.69) is 11.8 Å². The van der Waals surface area contributed by atoms with Crippen LogP contribution in [0.15, 0.2) is 0 Å². The minimum absolute atomic E-state index is 0.502. The molecule has 14 heavy (non-hydrogen) atoms. The summed E-state index contributed by atoms with van der Waals surface area (Å²) in [5.41, 5.74) is 6.08. The molecule has 0 aromatic rings. The third-order valence-electron chi connectivity index (χ3n) is 4.62. The smallest absolute Gasteiger partial charge is 0.0133 e. The van der Waals surface area contributed by atoms with Gasteiger partial charge >= 0.3 is 0 Å². The van der Waals surface area contributed by atoms with Crippen molar-refractivity contribution in [2.24, 2.45) is 11.7 Å². The molecule has 2 heterocycles. The summed E-state index contributed by atoms with van der Waals surface area (Å²) in [6.07, 6.45) is 8.23. The zero-order valence-corrected chi connectivity index (χ0v) is 9.15. The van der Waals surface area contributed by atoms with Gasteiger partial charge in [0, 0.05) is 24.2 Å². The molecule has 0 amide bonds. The Morgan fingerprint density at radius 1 is 1.14 bits per heavy atom. The molecule has 0 spiro atoms. The zero-order valence-electron chi connectivity index (χ0n) is 9.15. The molecule has 80 valence electrons. The van der Waals surface area contributed by atoms with E-state index in [1.807, 2.05) is 0 Å². The van der Waals surface area contributed by atoms with Crippen LogP contribution >= 0.6 is 0 Å². The highest BCUT2D eigenvalue weighted by Gasteiger charge is 2.50. The fourth-order valence-corrected chi connectivity index (χ4v) is 3.83. The topological polar surface area (TPSA) is 29.3 Å². The second-order valence-corrected chi connectivity index (χ2v) is 5.54. The molecule has 2 heteroatoms. The molecular weight excluding hydrogens is 172 g/mol. The van der Waals surface area contributed by atoms with E-state index >= 15 is 0 Å². The summed E-state index contributed by atoms with van der Waals surface area (Å²) in [6.45, 7) is 2.34. The number of rotatable bonds is 2. The van der Waals surface area contributed by atoms with Gasteiger partial charge in [-0.15, -0.1) is 0 Å². The fourth-order valence-electron chi connectivity index (χ4n) is 3.83. The minimum Gasteiger partial charge on any atom is -0.328 e. The average Bonchev–Trinajstić information content (AvgIpc) is 2.88. The molecule has 2 N–H and O–H groups in total. The van der Waals surface area contributed by atoms with E-state index in [-0.39, 0.29) is 0 Å². The Morgan fingerprint density at radius 3 is 2.29 bits per heavy atom. The van der Waals surface area contributed by atoms with Crippen molar-refractivity contribution in [1.29, 1.82) is 0 Å². The number of hydrogen-bond acceptors (Lipinski definition) is 2. The lowest BCUT2D eigenvalue weighted by atomic mass is 9.98. The van der Waals surface area contributed by atoms with Crippen LogP contribution < -0.4 is 5.73 Å². The van der Waals surface area contributed by atoms with Gasteiger partial charge in [0.15, 0.2) is 0 Å². The van der Waals surface area contributed by atoms with E-state index in [9.17, 15) is 0 Å². The standard InChI is InChI=1S/C12H22N2/c1-2-8-5-12(8)14-10-3-4-11(14)7-9(13)6-10/h8-12H,2-7,13H2,1H3. The van der Waals surface area contributed by atoms with Crippen molar-refractivity contribution in [2.75, 3.05) is 0 Å². The highest BCUT2D eigenvalue weighted by molar-refractivity contribution is 5.05. The maximum Gasteiger partial charge on any atom is 0.0133 e.